The second-order valence-corrected chi connectivity index (χ2v) is 4.79. The Hall–Kier alpha value is -1.78. The van der Waals surface area contributed by atoms with Crippen LogP contribution in [0.25, 0.3) is 0 Å². The van der Waals surface area contributed by atoms with Crippen LogP contribution in [0.3, 0.4) is 0 Å². The first-order chi connectivity index (χ1) is 9.19. The molecule has 1 aromatic rings. The molecule has 1 unspecified atom stereocenters. The third kappa shape index (κ3) is 3.84. The summed E-state index contributed by atoms with van der Waals surface area (Å²) in [5, 5.41) is 2.90. The summed E-state index contributed by atoms with van der Waals surface area (Å²) < 4.78 is 4.92. The maximum atomic E-state index is 11.4. The topological polar surface area (TPSA) is 54.5 Å². The molecule has 1 fully saturated rings. The number of hydrogen-bond donors (Lipinski definition) is 1. The van der Waals surface area contributed by atoms with Gasteiger partial charge in [-0.15, -0.1) is 0 Å². The van der Waals surface area contributed by atoms with Crippen LogP contribution in [0, 0.1) is 6.92 Å². The Kier molecular flexibility index (Phi) is 4.60. The number of piperidine rings is 1. The smallest absolute Gasteiger partial charge is 0.407 e. The van der Waals surface area contributed by atoms with E-state index in [-0.39, 0.29) is 12.1 Å². The van der Waals surface area contributed by atoms with Gasteiger partial charge in [-0.05, 0) is 38.8 Å². The van der Waals surface area contributed by atoms with Gasteiger partial charge in [-0.25, -0.2) is 9.78 Å². The minimum Gasteiger partial charge on any atom is -0.450 e. The second kappa shape index (κ2) is 6.41. The number of pyridine rings is 1. The van der Waals surface area contributed by atoms with E-state index in [0.29, 0.717) is 6.61 Å². The quantitative estimate of drug-likeness (QED) is 0.907. The molecule has 0 radical (unpaired) electrons. The highest BCUT2D eigenvalue weighted by molar-refractivity contribution is 5.67. The SMILES string of the molecule is CCOC(=O)NC1CCCN(c2cccc(C)n2)C1. The van der Waals surface area contributed by atoms with Gasteiger partial charge < -0.3 is 15.0 Å². The minimum absolute atomic E-state index is 0.134. The van der Waals surface area contributed by atoms with E-state index in [1.807, 2.05) is 32.0 Å². The first kappa shape index (κ1) is 13.6. The number of rotatable bonds is 3. The molecule has 1 N–H and O–H groups in total. The normalized spacial score (nSPS) is 19.1. The number of hydrogen-bond acceptors (Lipinski definition) is 4. The average molecular weight is 263 g/mol. The molecule has 1 saturated heterocycles. The van der Waals surface area contributed by atoms with E-state index in [2.05, 4.69) is 15.2 Å². The van der Waals surface area contributed by atoms with E-state index >= 15 is 0 Å². The summed E-state index contributed by atoms with van der Waals surface area (Å²) in [6.07, 6.45) is 1.71. The van der Waals surface area contributed by atoms with Gasteiger partial charge in [0.1, 0.15) is 5.82 Å². The lowest BCUT2D eigenvalue weighted by molar-refractivity contribution is 0.146. The zero-order valence-electron chi connectivity index (χ0n) is 11.6. The number of aromatic nitrogens is 1. The molecule has 2 heterocycles. The van der Waals surface area contributed by atoms with Gasteiger partial charge in [0.15, 0.2) is 0 Å². The maximum Gasteiger partial charge on any atom is 0.407 e. The summed E-state index contributed by atoms with van der Waals surface area (Å²) >= 11 is 0. The lowest BCUT2D eigenvalue weighted by atomic mass is 10.1. The van der Waals surface area contributed by atoms with Crippen molar-refractivity contribution in [2.24, 2.45) is 0 Å². The number of nitrogens with zero attached hydrogens (tertiary/aromatic N) is 2. The number of amides is 1. The van der Waals surface area contributed by atoms with Gasteiger partial charge in [-0.3, -0.25) is 0 Å². The van der Waals surface area contributed by atoms with Crippen LogP contribution in [0.2, 0.25) is 0 Å². The Morgan fingerprint density at radius 2 is 2.42 bits per heavy atom. The first-order valence-corrected chi connectivity index (χ1v) is 6.81. The Morgan fingerprint density at radius 1 is 1.58 bits per heavy atom. The van der Waals surface area contributed by atoms with Gasteiger partial charge >= 0.3 is 6.09 Å². The summed E-state index contributed by atoms with van der Waals surface area (Å²) in [6, 6.07) is 6.15. The van der Waals surface area contributed by atoms with Gasteiger partial charge in [-0.2, -0.15) is 0 Å². The average Bonchev–Trinajstić information content (AvgIpc) is 2.39. The molecule has 0 saturated carbocycles. The van der Waals surface area contributed by atoms with Crippen molar-refractivity contribution in [3.05, 3.63) is 23.9 Å². The van der Waals surface area contributed by atoms with E-state index in [4.69, 9.17) is 4.74 Å². The van der Waals surface area contributed by atoms with E-state index in [0.717, 1.165) is 37.4 Å². The molecule has 2 rings (SSSR count). The second-order valence-electron chi connectivity index (χ2n) is 4.79. The summed E-state index contributed by atoms with van der Waals surface area (Å²) in [6.45, 7) is 5.97. The molecule has 1 aliphatic heterocycles. The van der Waals surface area contributed by atoms with Crippen LogP contribution in [-0.2, 0) is 4.74 Å². The molecule has 104 valence electrons. The highest BCUT2D eigenvalue weighted by atomic mass is 16.5. The van der Waals surface area contributed by atoms with Gasteiger partial charge in [0, 0.05) is 24.8 Å². The minimum atomic E-state index is -0.327. The van der Waals surface area contributed by atoms with Gasteiger partial charge in [0.2, 0.25) is 0 Å². The van der Waals surface area contributed by atoms with E-state index in [1.165, 1.54) is 0 Å². The molecule has 0 spiro atoms. The molecule has 5 nitrogen and oxygen atoms in total. The van der Waals surface area contributed by atoms with Crippen molar-refractivity contribution in [2.75, 3.05) is 24.6 Å². The van der Waals surface area contributed by atoms with Crippen LogP contribution in [0.1, 0.15) is 25.5 Å². The zero-order chi connectivity index (χ0) is 13.7. The third-order valence-corrected chi connectivity index (χ3v) is 3.22. The number of alkyl carbamates (subject to hydrolysis) is 1. The standard InChI is InChI=1S/C14H21N3O2/c1-3-19-14(18)16-12-7-5-9-17(10-12)13-8-4-6-11(2)15-13/h4,6,8,12H,3,5,7,9-10H2,1-2H3,(H,16,18). The van der Waals surface area contributed by atoms with Gasteiger partial charge in [0.25, 0.3) is 0 Å². The van der Waals surface area contributed by atoms with Crippen LogP contribution < -0.4 is 10.2 Å². The van der Waals surface area contributed by atoms with E-state index in [1.54, 1.807) is 0 Å². The van der Waals surface area contributed by atoms with Crippen molar-refractivity contribution in [1.82, 2.24) is 10.3 Å². The molecule has 19 heavy (non-hydrogen) atoms. The molecule has 1 amide bonds. The van der Waals surface area contributed by atoms with Crippen molar-refractivity contribution in [3.8, 4) is 0 Å². The lowest BCUT2D eigenvalue weighted by Crippen LogP contribution is -2.48. The van der Waals surface area contributed by atoms with Crippen molar-refractivity contribution in [3.63, 3.8) is 0 Å². The summed E-state index contributed by atoms with van der Waals surface area (Å²) in [7, 11) is 0. The predicted octanol–water partition coefficient (Wildman–Crippen LogP) is 2.10. The Labute approximate surface area is 114 Å². The summed E-state index contributed by atoms with van der Waals surface area (Å²) in [4.78, 5) is 18.2. The fraction of sp³-hybridized carbons (Fsp3) is 0.571. The maximum absolute atomic E-state index is 11.4. The Bertz CT molecular complexity index is 436. The molecular formula is C14H21N3O2. The summed E-state index contributed by atoms with van der Waals surface area (Å²) in [5.41, 5.74) is 1.01. The summed E-state index contributed by atoms with van der Waals surface area (Å²) in [5.74, 6) is 0.982. The van der Waals surface area contributed by atoms with Crippen molar-refractivity contribution in [1.29, 1.82) is 0 Å². The number of nitrogens with one attached hydrogen (secondary N) is 1. The number of ether oxygens (including phenoxy) is 1. The predicted molar refractivity (Wildman–Crippen MR) is 74.4 cm³/mol. The van der Waals surface area contributed by atoms with Crippen LogP contribution in [-0.4, -0.2) is 36.8 Å². The van der Waals surface area contributed by atoms with Gasteiger partial charge in [-0.1, -0.05) is 6.07 Å². The van der Waals surface area contributed by atoms with Crippen molar-refractivity contribution < 1.29 is 9.53 Å². The monoisotopic (exact) mass is 263 g/mol. The molecule has 0 aromatic carbocycles. The van der Waals surface area contributed by atoms with Crippen molar-refractivity contribution in [2.45, 2.75) is 32.7 Å². The van der Waals surface area contributed by atoms with Crippen LogP contribution in [0.5, 0.6) is 0 Å². The number of carbonyl (C=O) groups excluding carboxylic acids is 1. The van der Waals surface area contributed by atoms with Crippen LogP contribution >= 0.6 is 0 Å². The third-order valence-electron chi connectivity index (χ3n) is 3.22. The molecule has 1 aliphatic rings. The molecule has 5 heteroatoms. The van der Waals surface area contributed by atoms with Crippen LogP contribution in [0.4, 0.5) is 10.6 Å². The Balaban J connectivity index is 1.95. The number of anilines is 1. The number of aryl methyl sites for hydroxylation is 1. The Morgan fingerprint density at radius 3 is 3.16 bits per heavy atom. The fourth-order valence-corrected chi connectivity index (χ4v) is 2.35. The highest BCUT2D eigenvalue weighted by Gasteiger charge is 2.22. The van der Waals surface area contributed by atoms with Crippen molar-refractivity contribution >= 4 is 11.9 Å². The fourth-order valence-electron chi connectivity index (χ4n) is 2.35. The lowest BCUT2D eigenvalue weighted by Gasteiger charge is -2.33. The first-order valence-electron chi connectivity index (χ1n) is 6.81. The molecule has 0 bridgehead atoms. The highest BCUT2D eigenvalue weighted by Crippen LogP contribution is 2.18. The largest absolute Gasteiger partial charge is 0.450 e. The zero-order valence-corrected chi connectivity index (χ0v) is 11.6. The molecule has 1 atom stereocenters. The van der Waals surface area contributed by atoms with Crippen LogP contribution in [0.15, 0.2) is 18.2 Å². The van der Waals surface area contributed by atoms with E-state index < -0.39 is 0 Å². The van der Waals surface area contributed by atoms with E-state index in [9.17, 15) is 4.79 Å². The molecule has 0 aliphatic carbocycles. The van der Waals surface area contributed by atoms with Gasteiger partial charge in [0.05, 0.1) is 6.61 Å². The molecular weight excluding hydrogens is 242 g/mol. The number of carbonyl (C=O) groups is 1. The molecule has 1 aromatic heterocycles.